The number of ketones is 1. The number of benzene rings is 2. The predicted octanol–water partition coefficient (Wildman–Crippen LogP) is 3.35. The zero-order chi connectivity index (χ0) is 18.5. The number of aryl methyl sites for hydroxylation is 1. The Morgan fingerprint density at radius 1 is 1.11 bits per heavy atom. The number of nitrogen functional groups attached to an aromatic ring is 1. The number of carbonyl (C=O) groups excluding carboxylic acids is 1. The fourth-order valence-electron chi connectivity index (χ4n) is 3.40. The molecule has 0 saturated heterocycles. The van der Waals surface area contributed by atoms with Crippen molar-refractivity contribution in [3.63, 3.8) is 0 Å². The largest absolute Gasteiger partial charge is 0.383 e. The molecule has 0 spiro atoms. The quantitative estimate of drug-likeness (QED) is 0.431. The van der Waals surface area contributed by atoms with Crippen LogP contribution in [0.5, 0.6) is 0 Å². The molecule has 27 heavy (non-hydrogen) atoms. The number of rotatable bonds is 3. The lowest BCUT2D eigenvalue weighted by Gasteiger charge is -2.05. The Morgan fingerprint density at radius 3 is 2.85 bits per heavy atom. The van der Waals surface area contributed by atoms with Crippen molar-refractivity contribution in [1.82, 2.24) is 24.7 Å². The number of nitrogens with zero attached hydrogens (tertiary/aromatic N) is 3. The van der Waals surface area contributed by atoms with E-state index in [2.05, 4.69) is 20.1 Å². The van der Waals surface area contributed by atoms with Gasteiger partial charge in [0, 0.05) is 22.7 Å². The van der Waals surface area contributed by atoms with Crippen LogP contribution in [0.3, 0.4) is 0 Å². The molecule has 0 aliphatic heterocycles. The van der Waals surface area contributed by atoms with Gasteiger partial charge in [-0.2, -0.15) is 5.10 Å². The number of imidazole rings is 1. The highest BCUT2D eigenvalue weighted by atomic mass is 16.1. The summed E-state index contributed by atoms with van der Waals surface area (Å²) < 4.78 is 1.57. The maximum absolute atomic E-state index is 13.0. The maximum Gasteiger partial charge on any atom is 0.200 e. The minimum absolute atomic E-state index is 0.158. The number of para-hydroxylation sites is 1. The molecular formula is C20H16N6O. The molecule has 0 bridgehead atoms. The average Bonchev–Trinajstić information content (AvgIpc) is 3.36. The van der Waals surface area contributed by atoms with Crippen molar-refractivity contribution >= 4 is 33.5 Å². The molecule has 0 fully saturated rings. The van der Waals surface area contributed by atoms with Gasteiger partial charge in [0.05, 0.1) is 28.5 Å². The second-order valence-electron chi connectivity index (χ2n) is 6.46. The Hall–Kier alpha value is -3.87. The van der Waals surface area contributed by atoms with Gasteiger partial charge in [-0.05, 0) is 31.2 Å². The van der Waals surface area contributed by atoms with Crippen LogP contribution in [0.2, 0.25) is 0 Å². The second-order valence-corrected chi connectivity index (χ2v) is 6.46. The minimum atomic E-state index is -0.158. The topological polar surface area (TPSA) is 105 Å². The van der Waals surface area contributed by atoms with E-state index in [1.165, 1.54) is 6.20 Å². The van der Waals surface area contributed by atoms with Crippen LogP contribution in [0.25, 0.3) is 27.6 Å². The highest BCUT2D eigenvalue weighted by Gasteiger charge is 2.20. The standard InChI is InChI=1S/C20H16N6O/c1-11-24-17-7-6-12(8-18(17)25-11)26-20(21)15(10-23-26)19(27)14-9-22-16-5-3-2-4-13(14)16/h2-10,22H,21H2,1H3,(H,24,25). The van der Waals surface area contributed by atoms with Crippen LogP contribution in [0.4, 0.5) is 5.82 Å². The van der Waals surface area contributed by atoms with E-state index in [0.29, 0.717) is 16.9 Å². The lowest BCUT2D eigenvalue weighted by Crippen LogP contribution is -2.07. The molecule has 3 aromatic heterocycles. The number of carbonyl (C=O) groups is 1. The van der Waals surface area contributed by atoms with Crippen molar-refractivity contribution < 1.29 is 4.79 Å². The summed E-state index contributed by atoms with van der Waals surface area (Å²) in [5.41, 5.74) is 10.7. The number of aromatic nitrogens is 5. The predicted molar refractivity (Wildman–Crippen MR) is 104 cm³/mol. The summed E-state index contributed by atoms with van der Waals surface area (Å²) in [4.78, 5) is 23.7. The number of aromatic amines is 2. The summed E-state index contributed by atoms with van der Waals surface area (Å²) in [6, 6.07) is 13.4. The lowest BCUT2D eigenvalue weighted by atomic mass is 10.0. The second kappa shape index (κ2) is 5.57. The molecule has 2 aromatic carbocycles. The molecule has 0 unspecified atom stereocenters. The number of nitrogens with one attached hydrogen (secondary N) is 2. The smallest absolute Gasteiger partial charge is 0.200 e. The van der Waals surface area contributed by atoms with E-state index in [0.717, 1.165) is 33.4 Å². The fourth-order valence-corrected chi connectivity index (χ4v) is 3.40. The van der Waals surface area contributed by atoms with Gasteiger partial charge in [0.2, 0.25) is 5.78 Å². The molecule has 0 atom stereocenters. The first-order chi connectivity index (χ1) is 13.1. The van der Waals surface area contributed by atoms with E-state index in [9.17, 15) is 4.79 Å². The summed E-state index contributed by atoms with van der Waals surface area (Å²) >= 11 is 0. The van der Waals surface area contributed by atoms with Gasteiger partial charge in [-0.1, -0.05) is 18.2 Å². The van der Waals surface area contributed by atoms with Crippen LogP contribution < -0.4 is 5.73 Å². The van der Waals surface area contributed by atoms with Gasteiger partial charge in [0.1, 0.15) is 11.6 Å². The Balaban J connectivity index is 1.58. The lowest BCUT2D eigenvalue weighted by molar-refractivity contribution is 0.104. The van der Waals surface area contributed by atoms with Gasteiger partial charge in [-0.15, -0.1) is 0 Å². The Bertz CT molecular complexity index is 1320. The molecule has 0 radical (unpaired) electrons. The van der Waals surface area contributed by atoms with Gasteiger partial charge in [-0.3, -0.25) is 4.79 Å². The van der Waals surface area contributed by atoms with Crippen LogP contribution in [0.1, 0.15) is 21.7 Å². The zero-order valence-corrected chi connectivity index (χ0v) is 14.5. The van der Waals surface area contributed by atoms with Crippen molar-refractivity contribution in [2.45, 2.75) is 6.92 Å². The van der Waals surface area contributed by atoms with Crippen molar-refractivity contribution in [3.05, 3.63) is 71.8 Å². The molecule has 5 rings (SSSR count). The molecule has 0 saturated carbocycles. The number of fused-ring (bicyclic) bond motifs is 2. The third-order valence-corrected chi connectivity index (χ3v) is 4.71. The summed E-state index contributed by atoms with van der Waals surface area (Å²) in [7, 11) is 0. The van der Waals surface area contributed by atoms with Gasteiger partial charge in [-0.25, -0.2) is 9.67 Å². The first-order valence-corrected chi connectivity index (χ1v) is 8.53. The van der Waals surface area contributed by atoms with Crippen molar-refractivity contribution in [2.24, 2.45) is 0 Å². The number of H-pyrrole nitrogens is 2. The molecule has 3 heterocycles. The van der Waals surface area contributed by atoms with Gasteiger partial charge >= 0.3 is 0 Å². The molecule has 132 valence electrons. The Kier molecular flexibility index (Phi) is 3.17. The molecule has 0 aliphatic carbocycles. The number of hydrogen-bond acceptors (Lipinski definition) is 4. The van der Waals surface area contributed by atoms with E-state index < -0.39 is 0 Å². The normalized spacial score (nSPS) is 11.4. The number of nitrogens with two attached hydrogens (primary N) is 1. The summed E-state index contributed by atoms with van der Waals surface area (Å²) in [6.45, 7) is 1.90. The summed E-state index contributed by atoms with van der Waals surface area (Å²) in [6.07, 6.45) is 3.23. The van der Waals surface area contributed by atoms with Crippen LogP contribution in [0.15, 0.2) is 54.9 Å². The summed E-state index contributed by atoms with van der Waals surface area (Å²) in [5, 5.41) is 5.20. The van der Waals surface area contributed by atoms with Crippen LogP contribution >= 0.6 is 0 Å². The number of hydrogen-bond donors (Lipinski definition) is 3. The number of anilines is 1. The molecule has 0 aliphatic rings. The van der Waals surface area contributed by atoms with E-state index in [4.69, 9.17) is 5.73 Å². The molecule has 0 amide bonds. The van der Waals surface area contributed by atoms with Crippen molar-refractivity contribution in [3.8, 4) is 5.69 Å². The average molecular weight is 356 g/mol. The van der Waals surface area contributed by atoms with Crippen molar-refractivity contribution in [2.75, 3.05) is 5.73 Å². The molecule has 4 N–H and O–H groups in total. The monoisotopic (exact) mass is 356 g/mol. The third kappa shape index (κ3) is 2.32. The van der Waals surface area contributed by atoms with E-state index >= 15 is 0 Å². The molecule has 7 nitrogen and oxygen atoms in total. The van der Waals surface area contributed by atoms with Crippen LogP contribution in [-0.2, 0) is 0 Å². The van der Waals surface area contributed by atoms with Gasteiger partial charge < -0.3 is 15.7 Å². The fraction of sp³-hybridized carbons (Fsp3) is 0.0500. The summed E-state index contributed by atoms with van der Waals surface area (Å²) in [5.74, 6) is 0.987. The molecular weight excluding hydrogens is 340 g/mol. The highest BCUT2D eigenvalue weighted by molar-refractivity contribution is 6.18. The molecule has 5 aromatic rings. The van der Waals surface area contributed by atoms with Crippen LogP contribution in [-0.4, -0.2) is 30.5 Å². The Morgan fingerprint density at radius 2 is 1.96 bits per heavy atom. The van der Waals surface area contributed by atoms with Crippen molar-refractivity contribution in [1.29, 1.82) is 0 Å². The minimum Gasteiger partial charge on any atom is -0.383 e. The first-order valence-electron chi connectivity index (χ1n) is 8.53. The maximum atomic E-state index is 13.0. The van der Waals surface area contributed by atoms with E-state index in [-0.39, 0.29) is 5.78 Å². The van der Waals surface area contributed by atoms with E-state index in [1.54, 1.807) is 10.9 Å². The highest BCUT2D eigenvalue weighted by Crippen LogP contribution is 2.25. The van der Waals surface area contributed by atoms with Gasteiger partial charge in [0.15, 0.2) is 0 Å². The van der Waals surface area contributed by atoms with Gasteiger partial charge in [0.25, 0.3) is 0 Å². The van der Waals surface area contributed by atoms with E-state index in [1.807, 2.05) is 49.4 Å². The SMILES string of the molecule is Cc1nc2ccc(-n3ncc(C(=O)c4c[nH]c5ccccc45)c3N)cc2[nH]1. The van der Waals surface area contributed by atoms with Crippen LogP contribution in [0, 0.1) is 6.92 Å². The first kappa shape index (κ1) is 15.4. The third-order valence-electron chi connectivity index (χ3n) is 4.71. The zero-order valence-electron chi connectivity index (χ0n) is 14.5. The molecule has 7 heteroatoms. The Labute approximate surface area is 153 Å².